The molecule has 117 heavy (non-hydrogen) atoms. The standard InChI is InChI=1S/C95H181N2O19P/c1-7-13-19-25-31-37-40-46-52-58-64-70-87(103)111-81(67-61-55-49-43-34-28-22-16-10-4)73-85(101)96-77-95(78-99,79-100)80-110-94-91(97-86(102)74-82(68-62-56-50-44-35-29-23-17-11-5)112-88(104)71-65-59-53-47-41-38-32-26-20-14-8-2)93(92(84(76-98)114-94)116-117(107,108)109)115-90(106)75-83(69-63-57-51-45-36-30-24-18-12-6)113-89(105)72-66-60-54-48-42-39-33-27-21-15-9-3/h81-84,91-94,98-100H,7-80H2,1-6H3,(H,96,101)(H,97,102)(H2,107,108,109). The summed E-state index contributed by atoms with van der Waals surface area (Å²) in [6.07, 6.45) is 55.4. The molecule has 1 fully saturated rings. The van der Waals surface area contributed by atoms with E-state index in [0.29, 0.717) is 51.4 Å². The highest BCUT2D eigenvalue weighted by molar-refractivity contribution is 7.46. The minimum atomic E-state index is -5.56. The summed E-state index contributed by atoms with van der Waals surface area (Å²) in [5.74, 6) is -3.55. The van der Waals surface area contributed by atoms with Crippen LogP contribution in [-0.4, -0.2) is 143 Å². The van der Waals surface area contributed by atoms with Gasteiger partial charge < -0.3 is 64.2 Å². The number of hydrogen-bond acceptors (Lipinski definition) is 17. The second kappa shape index (κ2) is 78.7. The summed E-state index contributed by atoms with van der Waals surface area (Å²) in [5.41, 5.74) is -1.69. The van der Waals surface area contributed by atoms with Crippen LogP contribution >= 0.6 is 7.82 Å². The van der Waals surface area contributed by atoms with Crippen molar-refractivity contribution >= 4 is 43.5 Å². The van der Waals surface area contributed by atoms with Gasteiger partial charge in [0.15, 0.2) is 12.4 Å². The Hall–Kier alpha value is -3.27. The molecule has 0 aromatic carbocycles. The maximum absolute atomic E-state index is 15.0. The minimum absolute atomic E-state index is 0.139. The lowest BCUT2D eigenvalue weighted by atomic mass is 9.90. The van der Waals surface area contributed by atoms with E-state index in [1.807, 2.05) is 0 Å². The maximum Gasteiger partial charge on any atom is 0.470 e. The number of phosphoric acid groups is 1. The number of phosphoric ester groups is 1. The average Bonchev–Trinajstić information content (AvgIpc) is 0.777. The Labute approximate surface area is 713 Å². The normalized spacial score (nSPS) is 16.6. The van der Waals surface area contributed by atoms with Crippen LogP contribution in [0.3, 0.4) is 0 Å². The Balaban J connectivity index is 3.84. The molecule has 7 N–H and O–H groups in total. The Kier molecular flexibility index (Phi) is 75.2. The first-order chi connectivity index (χ1) is 56.9. The number of aliphatic hydroxyl groups is 3. The van der Waals surface area contributed by atoms with Crippen molar-refractivity contribution in [1.29, 1.82) is 0 Å². The number of aliphatic hydroxyl groups excluding tert-OH is 3. The number of ether oxygens (including phenoxy) is 6. The first-order valence-corrected chi connectivity index (χ1v) is 50.6. The molecule has 1 rings (SSSR count). The zero-order valence-electron chi connectivity index (χ0n) is 75.8. The number of nitrogens with one attached hydrogen (secondary N) is 2. The van der Waals surface area contributed by atoms with Crippen LogP contribution in [0.4, 0.5) is 0 Å². The van der Waals surface area contributed by atoms with Gasteiger partial charge in [0.2, 0.25) is 11.8 Å². The van der Waals surface area contributed by atoms with E-state index in [2.05, 4.69) is 52.2 Å². The zero-order valence-corrected chi connectivity index (χ0v) is 76.7. The van der Waals surface area contributed by atoms with Gasteiger partial charge >= 0.3 is 31.7 Å². The van der Waals surface area contributed by atoms with Gasteiger partial charge in [-0.3, -0.25) is 33.3 Å². The summed E-state index contributed by atoms with van der Waals surface area (Å²) < 4.78 is 56.0. The first-order valence-electron chi connectivity index (χ1n) is 49.0. The molecular weight excluding hydrogens is 1500 g/mol. The number of carbonyl (C=O) groups is 6. The van der Waals surface area contributed by atoms with E-state index in [9.17, 15) is 53.6 Å². The summed E-state index contributed by atoms with van der Waals surface area (Å²) in [5, 5.41) is 39.3. The minimum Gasteiger partial charge on any atom is -0.462 e. The predicted octanol–water partition coefficient (Wildman–Crippen LogP) is 23.5. The van der Waals surface area contributed by atoms with E-state index >= 15 is 4.79 Å². The van der Waals surface area contributed by atoms with Gasteiger partial charge in [-0.25, -0.2) is 4.57 Å². The van der Waals surface area contributed by atoms with Crippen molar-refractivity contribution in [3.63, 3.8) is 0 Å². The van der Waals surface area contributed by atoms with Gasteiger partial charge in [-0.2, -0.15) is 0 Å². The van der Waals surface area contributed by atoms with Gasteiger partial charge in [-0.1, -0.05) is 388 Å². The zero-order chi connectivity index (χ0) is 85.8. The van der Waals surface area contributed by atoms with E-state index in [-0.39, 0.29) is 38.2 Å². The molecule has 1 saturated heterocycles. The number of carbonyl (C=O) groups excluding carboxylic acids is 6. The third kappa shape index (κ3) is 65.1. The molecule has 0 bridgehead atoms. The van der Waals surface area contributed by atoms with Crippen LogP contribution in [0.15, 0.2) is 0 Å². The lowest BCUT2D eigenvalue weighted by molar-refractivity contribution is -0.278. The highest BCUT2D eigenvalue weighted by Crippen LogP contribution is 2.43. The van der Waals surface area contributed by atoms with E-state index in [1.165, 1.54) is 173 Å². The van der Waals surface area contributed by atoms with E-state index < -0.39 is 131 Å². The fourth-order valence-corrected chi connectivity index (χ4v) is 16.5. The van der Waals surface area contributed by atoms with Crippen LogP contribution in [0.1, 0.15) is 485 Å². The molecule has 1 aliphatic heterocycles. The molecule has 22 heteroatoms. The van der Waals surface area contributed by atoms with Crippen molar-refractivity contribution in [2.24, 2.45) is 5.41 Å². The molecule has 1 aliphatic rings. The largest absolute Gasteiger partial charge is 0.470 e. The highest BCUT2D eigenvalue weighted by atomic mass is 31.2. The molecule has 8 atom stereocenters. The third-order valence-electron chi connectivity index (χ3n) is 23.5. The molecule has 0 aliphatic carbocycles. The molecule has 0 aromatic heterocycles. The second-order valence-electron chi connectivity index (χ2n) is 34.9. The van der Waals surface area contributed by atoms with Gasteiger partial charge in [0.1, 0.15) is 36.6 Å². The van der Waals surface area contributed by atoms with E-state index in [0.717, 1.165) is 180 Å². The number of amides is 2. The molecule has 0 saturated carbocycles. The number of rotatable bonds is 87. The van der Waals surface area contributed by atoms with Crippen LogP contribution in [0.2, 0.25) is 0 Å². The molecule has 0 spiro atoms. The van der Waals surface area contributed by atoms with Crippen molar-refractivity contribution in [3.05, 3.63) is 0 Å². The summed E-state index contributed by atoms with van der Waals surface area (Å²) >= 11 is 0. The van der Waals surface area contributed by atoms with Gasteiger partial charge in [-0.15, -0.1) is 0 Å². The number of unbranched alkanes of at least 4 members (excludes halogenated alkanes) is 54. The van der Waals surface area contributed by atoms with Crippen molar-refractivity contribution in [3.8, 4) is 0 Å². The van der Waals surface area contributed by atoms with Crippen LogP contribution in [-0.2, 0) is 66.3 Å². The van der Waals surface area contributed by atoms with Crippen LogP contribution in [0.25, 0.3) is 0 Å². The predicted molar refractivity (Wildman–Crippen MR) is 472 cm³/mol. The van der Waals surface area contributed by atoms with E-state index in [1.54, 1.807) is 0 Å². The van der Waals surface area contributed by atoms with Gasteiger partial charge in [-0.05, 0) is 57.8 Å². The topological polar surface area (TPSA) is 309 Å². The molecular formula is C95H181N2O19P. The lowest BCUT2D eigenvalue weighted by Gasteiger charge is -2.46. The quantitative estimate of drug-likeness (QED) is 0.0129. The summed E-state index contributed by atoms with van der Waals surface area (Å²) in [6, 6.07) is -1.73. The Bertz CT molecular complexity index is 2380. The smallest absolute Gasteiger partial charge is 0.462 e. The van der Waals surface area contributed by atoms with Crippen LogP contribution < -0.4 is 10.6 Å². The first kappa shape index (κ1) is 112. The van der Waals surface area contributed by atoms with Crippen molar-refractivity contribution < 1.29 is 91.4 Å². The summed E-state index contributed by atoms with van der Waals surface area (Å²) in [7, 11) is -5.56. The summed E-state index contributed by atoms with van der Waals surface area (Å²) in [4.78, 5) is 106. The Morgan fingerprint density at radius 3 is 0.915 bits per heavy atom. The van der Waals surface area contributed by atoms with Crippen molar-refractivity contribution in [2.45, 2.75) is 534 Å². The molecule has 21 nitrogen and oxygen atoms in total. The molecule has 2 amide bonds. The van der Waals surface area contributed by atoms with E-state index in [4.69, 9.17) is 32.9 Å². The Morgan fingerprint density at radius 2 is 0.632 bits per heavy atom. The van der Waals surface area contributed by atoms with Crippen molar-refractivity contribution in [1.82, 2.24) is 10.6 Å². The number of esters is 4. The number of hydrogen-bond donors (Lipinski definition) is 7. The lowest BCUT2D eigenvalue weighted by Crippen LogP contribution is -2.67. The molecule has 0 radical (unpaired) electrons. The third-order valence-corrected chi connectivity index (χ3v) is 24.0. The van der Waals surface area contributed by atoms with Gasteiger partial charge in [0.05, 0.1) is 51.1 Å². The van der Waals surface area contributed by atoms with Crippen LogP contribution in [0.5, 0.6) is 0 Å². The average molecular weight is 1690 g/mol. The molecule has 8 unspecified atom stereocenters. The van der Waals surface area contributed by atoms with Gasteiger partial charge in [0, 0.05) is 25.8 Å². The summed E-state index contributed by atoms with van der Waals surface area (Å²) in [6.45, 7) is 9.69. The van der Waals surface area contributed by atoms with Crippen molar-refractivity contribution in [2.75, 3.05) is 33.0 Å². The molecule has 0 aromatic rings. The monoisotopic (exact) mass is 1690 g/mol. The highest BCUT2D eigenvalue weighted by Gasteiger charge is 2.53. The van der Waals surface area contributed by atoms with Gasteiger partial charge in [0.25, 0.3) is 0 Å². The second-order valence-corrected chi connectivity index (χ2v) is 36.1. The Morgan fingerprint density at radius 1 is 0.359 bits per heavy atom. The fraction of sp³-hybridized carbons (Fsp3) is 0.937. The fourth-order valence-electron chi connectivity index (χ4n) is 15.9. The SMILES string of the molecule is CCCCCCCCCCCCCC(=O)OC(CCCCCCCCCCC)CC(=O)NCC(CO)(CO)COC1OC(CO)C(OP(=O)(O)O)C(OC(=O)CC(CCCCCCCCCCC)OC(=O)CCCCCCCCCCCCC)C1NC(=O)CC(CCCCCCCCCCC)OC(=O)CCCCCCCCCCCCC. The maximum atomic E-state index is 15.0. The van der Waals surface area contributed by atoms with Crippen LogP contribution in [0, 0.1) is 5.41 Å². The molecule has 1 heterocycles. The molecule has 690 valence electrons.